The summed E-state index contributed by atoms with van der Waals surface area (Å²) in [6.45, 7) is 5.29. The smallest absolute Gasteiger partial charge is 0.257 e. The molecule has 0 unspecified atom stereocenters. The van der Waals surface area contributed by atoms with Crippen LogP contribution in [0.5, 0.6) is 0 Å². The normalized spacial score (nSPS) is 13.7. The number of fused-ring (bicyclic) bond motifs is 1. The van der Waals surface area contributed by atoms with E-state index in [-0.39, 0.29) is 11.8 Å². The van der Waals surface area contributed by atoms with E-state index in [1.165, 1.54) is 0 Å². The van der Waals surface area contributed by atoms with Crippen LogP contribution in [0.4, 0.5) is 5.69 Å². The molecule has 29 heavy (non-hydrogen) atoms. The number of pyridine rings is 1. The summed E-state index contributed by atoms with van der Waals surface area (Å²) in [6, 6.07) is 12.8. The van der Waals surface area contributed by atoms with Gasteiger partial charge in [-0.1, -0.05) is 23.2 Å². The number of nitrogens with zero attached hydrogens (tertiary/aromatic N) is 2. The number of benzene rings is 2. The lowest BCUT2D eigenvalue weighted by atomic mass is 10.1. The monoisotopic (exact) mass is 407 g/mol. The Hall–Kier alpha value is -2.92. The number of likely N-dealkylation sites (tertiary alicyclic amines) is 1. The predicted octanol–water partition coefficient (Wildman–Crippen LogP) is 4.99. The van der Waals surface area contributed by atoms with Crippen LogP contribution in [-0.2, 0) is 0 Å². The third-order valence-electron chi connectivity index (χ3n) is 5.26. The highest BCUT2D eigenvalue weighted by atomic mass is 35.5. The first-order chi connectivity index (χ1) is 13.9. The zero-order chi connectivity index (χ0) is 20.5. The second-order valence-electron chi connectivity index (χ2n) is 7.46. The minimum Gasteiger partial charge on any atom is -0.339 e. The van der Waals surface area contributed by atoms with Gasteiger partial charge in [0.2, 0.25) is 0 Å². The van der Waals surface area contributed by atoms with Crippen molar-refractivity contribution in [3.05, 3.63) is 69.9 Å². The van der Waals surface area contributed by atoms with Crippen LogP contribution in [-0.4, -0.2) is 34.8 Å². The fourth-order valence-corrected chi connectivity index (χ4v) is 3.88. The van der Waals surface area contributed by atoms with Crippen LogP contribution in [0.2, 0.25) is 5.02 Å². The summed E-state index contributed by atoms with van der Waals surface area (Å²) in [5, 5.41) is 4.24. The SMILES string of the molecule is Cc1ccc2nc(C)c(C(=O)Nc3cc(Cl)ccc3C(=O)N3CCCC3)cc2c1. The molecule has 2 amide bonds. The van der Waals surface area contributed by atoms with E-state index in [0.29, 0.717) is 27.5 Å². The van der Waals surface area contributed by atoms with Gasteiger partial charge in [0.1, 0.15) is 0 Å². The number of anilines is 1. The summed E-state index contributed by atoms with van der Waals surface area (Å²) < 4.78 is 0. The molecular weight excluding hydrogens is 386 g/mol. The minimum atomic E-state index is -0.309. The molecular formula is C23H22ClN3O2. The summed E-state index contributed by atoms with van der Waals surface area (Å²) in [5.41, 5.74) is 3.92. The molecule has 0 saturated carbocycles. The maximum atomic E-state index is 13.1. The highest BCUT2D eigenvalue weighted by Gasteiger charge is 2.23. The van der Waals surface area contributed by atoms with E-state index in [1.807, 2.05) is 43.0 Å². The van der Waals surface area contributed by atoms with Gasteiger partial charge >= 0.3 is 0 Å². The number of carbonyl (C=O) groups is 2. The molecule has 148 valence electrons. The molecule has 0 radical (unpaired) electrons. The number of nitrogens with one attached hydrogen (secondary N) is 1. The molecule has 1 saturated heterocycles. The van der Waals surface area contributed by atoms with Crippen LogP contribution < -0.4 is 5.32 Å². The quantitative estimate of drug-likeness (QED) is 0.665. The molecule has 2 heterocycles. The second-order valence-corrected chi connectivity index (χ2v) is 7.90. The average Bonchev–Trinajstić information content (AvgIpc) is 3.22. The van der Waals surface area contributed by atoms with Crippen molar-refractivity contribution in [3.63, 3.8) is 0 Å². The Bertz CT molecular complexity index is 1120. The molecule has 6 heteroatoms. The van der Waals surface area contributed by atoms with Crippen molar-refractivity contribution >= 4 is 40.0 Å². The fraction of sp³-hybridized carbons (Fsp3) is 0.261. The maximum absolute atomic E-state index is 13.1. The molecule has 0 bridgehead atoms. The standard InChI is InChI=1S/C23H22ClN3O2/c1-14-5-8-20-16(11-14)12-19(15(2)25-20)22(28)26-21-13-17(24)6-7-18(21)23(29)27-9-3-4-10-27/h5-8,11-13H,3-4,9-10H2,1-2H3,(H,26,28). The van der Waals surface area contributed by atoms with Gasteiger partial charge in [-0.05, 0) is 63.1 Å². The Morgan fingerprint density at radius 2 is 1.76 bits per heavy atom. The largest absolute Gasteiger partial charge is 0.339 e. The van der Waals surface area contributed by atoms with Gasteiger partial charge in [0.25, 0.3) is 11.8 Å². The molecule has 0 spiro atoms. The summed E-state index contributed by atoms with van der Waals surface area (Å²) in [6.07, 6.45) is 2.00. The molecule has 1 fully saturated rings. The number of halogens is 1. The van der Waals surface area contributed by atoms with Gasteiger partial charge in [-0.15, -0.1) is 0 Å². The van der Waals surface area contributed by atoms with E-state index in [4.69, 9.17) is 11.6 Å². The number of carbonyl (C=O) groups excluding carboxylic acids is 2. The van der Waals surface area contributed by atoms with Gasteiger partial charge in [-0.25, -0.2) is 0 Å². The molecule has 3 aromatic rings. The second kappa shape index (κ2) is 7.84. The van der Waals surface area contributed by atoms with E-state index in [2.05, 4.69) is 10.3 Å². The zero-order valence-electron chi connectivity index (χ0n) is 16.5. The number of rotatable bonds is 3. The van der Waals surface area contributed by atoms with Crippen LogP contribution in [0, 0.1) is 13.8 Å². The molecule has 5 nitrogen and oxygen atoms in total. The fourth-order valence-electron chi connectivity index (χ4n) is 3.71. The van der Waals surface area contributed by atoms with Crippen LogP contribution in [0.1, 0.15) is 44.8 Å². The third kappa shape index (κ3) is 3.96. The first kappa shape index (κ1) is 19.4. The van der Waals surface area contributed by atoms with Gasteiger partial charge in [0.05, 0.1) is 28.0 Å². The highest BCUT2D eigenvalue weighted by Crippen LogP contribution is 2.26. The third-order valence-corrected chi connectivity index (χ3v) is 5.49. The van der Waals surface area contributed by atoms with E-state index >= 15 is 0 Å². The Morgan fingerprint density at radius 1 is 1.00 bits per heavy atom. The summed E-state index contributed by atoms with van der Waals surface area (Å²) in [7, 11) is 0. The lowest BCUT2D eigenvalue weighted by Gasteiger charge is -2.18. The Labute approximate surface area is 174 Å². The summed E-state index contributed by atoms with van der Waals surface area (Å²) in [4.78, 5) is 32.3. The molecule has 4 rings (SSSR count). The minimum absolute atomic E-state index is 0.0848. The highest BCUT2D eigenvalue weighted by molar-refractivity contribution is 6.31. The van der Waals surface area contributed by atoms with Crippen molar-refractivity contribution in [3.8, 4) is 0 Å². The van der Waals surface area contributed by atoms with Gasteiger partial charge < -0.3 is 10.2 Å². The number of hydrogen-bond donors (Lipinski definition) is 1. The van der Waals surface area contributed by atoms with Crippen molar-refractivity contribution < 1.29 is 9.59 Å². The lowest BCUT2D eigenvalue weighted by Crippen LogP contribution is -2.29. The Balaban J connectivity index is 1.68. The van der Waals surface area contributed by atoms with E-state index < -0.39 is 0 Å². The van der Waals surface area contributed by atoms with Gasteiger partial charge in [-0.3, -0.25) is 14.6 Å². The first-order valence-corrected chi connectivity index (χ1v) is 10.1. The lowest BCUT2D eigenvalue weighted by molar-refractivity contribution is 0.0794. The molecule has 1 aliphatic rings. The van der Waals surface area contributed by atoms with E-state index in [9.17, 15) is 9.59 Å². The average molecular weight is 408 g/mol. The maximum Gasteiger partial charge on any atom is 0.257 e. The molecule has 1 aliphatic heterocycles. The van der Waals surface area contributed by atoms with Crippen LogP contribution in [0.3, 0.4) is 0 Å². The molecule has 1 N–H and O–H groups in total. The van der Waals surface area contributed by atoms with Crippen LogP contribution in [0.25, 0.3) is 10.9 Å². The number of hydrogen-bond acceptors (Lipinski definition) is 3. The van der Waals surface area contributed by atoms with Crippen LogP contribution in [0.15, 0.2) is 42.5 Å². The number of amides is 2. The van der Waals surface area contributed by atoms with Crippen molar-refractivity contribution in [1.82, 2.24) is 9.88 Å². The van der Waals surface area contributed by atoms with Gasteiger partial charge in [0, 0.05) is 23.5 Å². The van der Waals surface area contributed by atoms with Crippen molar-refractivity contribution in [2.24, 2.45) is 0 Å². The van der Waals surface area contributed by atoms with E-state index in [0.717, 1.165) is 42.4 Å². The van der Waals surface area contributed by atoms with Crippen molar-refractivity contribution in [2.45, 2.75) is 26.7 Å². The summed E-state index contributed by atoms with van der Waals surface area (Å²) >= 11 is 6.15. The molecule has 0 atom stereocenters. The van der Waals surface area contributed by atoms with Crippen LogP contribution >= 0.6 is 11.6 Å². The van der Waals surface area contributed by atoms with Crippen molar-refractivity contribution in [2.75, 3.05) is 18.4 Å². The first-order valence-electron chi connectivity index (χ1n) is 9.70. The van der Waals surface area contributed by atoms with Crippen molar-refractivity contribution in [1.29, 1.82) is 0 Å². The molecule has 2 aromatic carbocycles. The van der Waals surface area contributed by atoms with E-state index in [1.54, 1.807) is 18.2 Å². The number of aryl methyl sites for hydroxylation is 2. The van der Waals surface area contributed by atoms with Gasteiger partial charge in [0.15, 0.2) is 0 Å². The molecule has 1 aromatic heterocycles. The summed E-state index contributed by atoms with van der Waals surface area (Å²) in [5.74, 6) is -0.394. The number of aromatic nitrogens is 1. The predicted molar refractivity (Wildman–Crippen MR) is 116 cm³/mol. The topological polar surface area (TPSA) is 62.3 Å². The Kier molecular flexibility index (Phi) is 5.24. The zero-order valence-corrected chi connectivity index (χ0v) is 17.2. The molecule has 0 aliphatic carbocycles. The van der Waals surface area contributed by atoms with Gasteiger partial charge in [-0.2, -0.15) is 0 Å². The Morgan fingerprint density at radius 3 is 2.52 bits per heavy atom.